The van der Waals surface area contributed by atoms with Crippen molar-refractivity contribution in [3.8, 4) is 0 Å². The second kappa shape index (κ2) is 15.3. The molecule has 1 aromatic carbocycles. The molecule has 43 heavy (non-hydrogen) atoms. The van der Waals surface area contributed by atoms with Crippen LogP contribution >= 0.6 is 0 Å². The first-order valence-electron chi connectivity index (χ1n) is 13.9. The first-order valence-corrected chi connectivity index (χ1v) is 13.9. The van der Waals surface area contributed by atoms with Gasteiger partial charge in [0.15, 0.2) is 5.96 Å². The minimum absolute atomic E-state index is 0.0167. The second-order valence-electron chi connectivity index (χ2n) is 10.6. The number of amides is 3. The number of nitrogens with two attached hydrogens (primary N) is 3. The highest BCUT2D eigenvalue weighted by Crippen LogP contribution is 2.19. The van der Waals surface area contributed by atoms with Gasteiger partial charge in [0.1, 0.15) is 18.1 Å². The van der Waals surface area contributed by atoms with Crippen molar-refractivity contribution in [1.29, 1.82) is 0 Å². The zero-order chi connectivity index (χ0) is 31.5. The number of aromatic amines is 2. The molecule has 3 amide bonds. The van der Waals surface area contributed by atoms with Gasteiger partial charge in [0.2, 0.25) is 17.7 Å². The number of fused-ring (bicyclic) bond motifs is 1. The highest BCUT2D eigenvalue weighted by molar-refractivity contribution is 5.95. The average Bonchev–Trinajstić information content (AvgIpc) is 3.63. The number of imidazole rings is 1. The fraction of sp³-hybridized carbons (Fsp3) is 0.429. The van der Waals surface area contributed by atoms with Gasteiger partial charge in [0.05, 0.1) is 12.4 Å². The number of carboxylic acids is 1. The molecule has 2 heterocycles. The molecule has 4 atom stereocenters. The van der Waals surface area contributed by atoms with Crippen LogP contribution in [-0.2, 0) is 32.0 Å². The van der Waals surface area contributed by atoms with Crippen LogP contribution in [0.4, 0.5) is 0 Å². The van der Waals surface area contributed by atoms with E-state index in [4.69, 9.17) is 17.2 Å². The SMILES string of the molecule is CC(C)C(N)C(=O)NC(Cc1c[nH]c2ccccc12)C(=O)NC(Cc1cnc[nH]1)C(=O)NC(CCCN=C(N)N)C(=O)O. The second-order valence-corrected chi connectivity index (χ2v) is 10.6. The number of H-pyrrole nitrogens is 2. The summed E-state index contributed by atoms with van der Waals surface area (Å²) in [6.07, 6.45) is 5.10. The molecule has 2 aromatic heterocycles. The quantitative estimate of drug-likeness (QED) is 0.0571. The largest absolute Gasteiger partial charge is 0.480 e. The number of aromatic nitrogens is 3. The van der Waals surface area contributed by atoms with E-state index in [2.05, 4.69) is 35.9 Å². The van der Waals surface area contributed by atoms with Gasteiger partial charge in [-0.2, -0.15) is 0 Å². The fourth-order valence-electron chi connectivity index (χ4n) is 4.43. The number of para-hydroxylation sites is 1. The van der Waals surface area contributed by atoms with E-state index in [1.54, 1.807) is 20.0 Å². The molecule has 232 valence electrons. The van der Waals surface area contributed by atoms with Gasteiger partial charge in [-0.25, -0.2) is 9.78 Å². The molecule has 0 spiro atoms. The number of aliphatic imine (C=N–C) groups is 1. The lowest BCUT2D eigenvalue weighted by atomic mass is 10.0. The number of nitrogens with one attached hydrogen (secondary N) is 5. The summed E-state index contributed by atoms with van der Waals surface area (Å²) in [5, 5.41) is 18.5. The molecule has 4 unspecified atom stereocenters. The summed E-state index contributed by atoms with van der Waals surface area (Å²) in [7, 11) is 0. The lowest BCUT2D eigenvalue weighted by Crippen LogP contribution is -2.58. The number of hydrogen-bond acceptors (Lipinski definition) is 7. The van der Waals surface area contributed by atoms with Crippen molar-refractivity contribution < 1.29 is 24.3 Å². The van der Waals surface area contributed by atoms with Gasteiger partial charge in [-0.15, -0.1) is 0 Å². The first kappa shape index (κ1) is 32.6. The number of hydrogen-bond donors (Lipinski definition) is 9. The highest BCUT2D eigenvalue weighted by Gasteiger charge is 2.31. The Kier molecular flexibility index (Phi) is 11.6. The summed E-state index contributed by atoms with van der Waals surface area (Å²) in [4.78, 5) is 65.8. The molecule has 0 bridgehead atoms. The monoisotopic (exact) mass is 596 g/mol. The van der Waals surface area contributed by atoms with E-state index in [0.717, 1.165) is 16.5 Å². The van der Waals surface area contributed by atoms with E-state index in [1.165, 1.54) is 12.5 Å². The molecule has 0 fully saturated rings. The predicted molar refractivity (Wildman–Crippen MR) is 160 cm³/mol. The van der Waals surface area contributed by atoms with Crippen molar-refractivity contribution in [2.75, 3.05) is 6.54 Å². The minimum Gasteiger partial charge on any atom is -0.480 e. The molecular formula is C28H40N10O5. The van der Waals surface area contributed by atoms with Gasteiger partial charge >= 0.3 is 5.97 Å². The van der Waals surface area contributed by atoms with Gasteiger partial charge in [0, 0.05) is 48.4 Å². The van der Waals surface area contributed by atoms with E-state index in [-0.39, 0.29) is 37.7 Å². The summed E-state index contributed by atoms with van der Waals surface area (Å²) in [6, 6.07) is 3.11. The number of carbonyl (C=O) groups is 4. The van der Waals surface area contributed by atoms with Crippen LogP contribution in [-0.4, -0.2) is 80.4 Å². The molecule has 12 N–H and O–H groups in total. The van der Waals surface area contributed by atoms with Gasteiger partial charge in [-0.05, 0) is 30.4 Å². The zero-order valence-corrected chi connectivity index (χ0v) is 24.2. The van der Waals surface area contributed by atoms with Gasteiger partial charge in [-0.3, -0.25) is 19.4 Å². The molecule has 0 aliphatic carbocycles. The maximum Gasteiger partial charge on any atom is 0.326 e. The lowest BCUT2D eigenvalue weighted by Gasteiger charge is -2.25. The number of benzene rings is 1. The molecule has 0 radical (unpaired) electrons. The van der Waals surface area contributed by atoms with Crippen LogP contribution in [0.25, 0.3) is 10.9 Å². The third-order valence-electron chi connectivity index (χ3n) is 6.92. The molecule has 15 heteroatoms. The topological polar surface area (TPSA) is 259 Å². The molecule has 3 rings (SSSR count). The number of aliphatic carboxylic acids is 1. The van der Waals surface area contributed by atoms with Gasteiger partial charge in [-0.1, -0.05) is 32.0 Å². The van der Waals surface area contributed by atoms with Crippen molar-refractivity contribution >= 4 is 40.6 Å². The Hall–Kier alpha value is -4.92. The third kappa shape index (κ3) is 9.56. The molecule has 15 nitrogen and oxygen atoms in total. The van der Waals surface area contributed by atoms with Crippen molar-refractivity contribution in [3.05, 3.63) is 54.2 Å². The summed E-state index contributed by atoms with van der Waals surface area (Å²) in [6.45, 7) is 3.77. The van der Waals surface area contributed by atoms with E-state index >= 15 is 0 Å². The van der Waals surface area contributed by atoms with Crippen LogP contribution in [0.5, 0.6) is 0 Å². The maximum atomic E-state index is 13.7. The Bertz CT molecular complexity index is 1410. The number of nitrogens with zero attached hydrogens (tertiary/aromatic N) is 2. The number of rotatable bonds is 16. The smallest absolute Gasteiger partial charge is 0.326 e. The molecule has 0 saturated carbocycles. The van der Waals surface area contributed by atoms with Gasteiger partial charge < -0.3 is 48.2 Å². The van der Waals surface area contributed by atoms with Crippen LogP contribution in [0, 0.1) is 5.92 Å². The van der Waals surface area contributed by atoms with Crippen molar-refractivity contribution in [3.63, 3.8) is 0 Å². The average molecular weight is 597 g/mol. The molecule has 3 aromatic rings. The fourth-order valence-corrected chi connectivity index (χ4v) is 4.43. The highest BCUT2D eigenvalue weighted by atomic mass is 16.4. The Morgan fingerprint density at radius 3 is 2.23 bits per heavy atom. The Labute approximate surface area is 248 Å². The lowest BCUT2D eigenvalue weighted by molar-refractivity contribution is -0.142. The number of carboxylic acid groups (broad SMARTS) is 1. The van der Waals surface area contributed by atoms with Gasteiger partial charge in [0.25, 0.3) is 0 Å². The van der Waals surface area contributed by atoms with Crippen LogP contribution in [0.3, 0.4) is 0 Å². The minimum atomic E-state index is -1.26. The van der Waals surface area contributed by atoms with Crippen LogP contribution in [0.2, 0.25) is 0 Å². The third-order valence-corrected chi connectivity index (χ3v) is 6.92. The van der Waals surface area contributed by atoms with E-state index in [1.807, 2.05) is 24.3 Å². The maximum absolute atomic E-state index is 13.7. The van der Waals surface area contributed by atoms with E-state index in [9.17, 15) is 24.3 Å². The Morgan fingerprint density at radius 1 is 0.953 bits per heavy atom. The first-order chi connectivity index (χ1) is 20.5. The number of carbonyl (C=O) groups excluding carboxylic acids is 3. The standard InChI is InChI=1S/C28H40N10O5/c1-15(2)23(29)26(41)38-21(10-16-12-34-19-7-4-3-6-18(16)19)24(39)37-22(11-17-13-32-14-35-17)25(40)36-20(27(42)43)8-5-9-33-28(30)31/h3-4,6-7,12-15,20-23,34H,5,8-11,29H2,1-2H3,(H,32,35)(H,36,40)(H,37,39)(H,38,41)(H,42,43)(H4,30,31,33). The van der Waals surface area contributed by atoms with Crippen molar-refractivity contribution in [1.82, 2.24) is 30.9 Å². The molecular weight excluding hydrogens is 556 g/mol. The van der Waals surface area contributed by atoms with Crippen molar-refractivity contribution in [2.24, 2.45) is 28.1 Å². The Morgan fingerprint density at radius 2 is 1.60 bits per heavy atom. The molecule has 0 aliphatic rings. The summed E-state index contributed by atoms with van der Waals surface area (Å²) in [5.41, 5.74) is 18.8. The van der Waals surface area contributed by atoms with Crippen LogP contribution < -0.4 is 33.2 Å². The van der Waals surface area contributed by atoms with Crippen molar-refractivity contribution in [2.45, 2.75) is 63.7 Å². The number of guanidine groups is 1. The molecule has 0 aliphatic heterocycles. The predicted octanol–water partition coefficient (Wildman–Crippen LogP) is -0.748. The summed E-state index contributed by atoms with van der Waals surface area (Å²) >= 11 is 0. The molecule has 0 saturated heterocycles. The van der Waals surface area contributed by atoms with E-state index in [0.29, 0.717) is 12.1 Å². The van der Waals surface area contributed by atoms with E-state index < -0.39 is 47.9 Å². The zero-order valence-electron chi connectivity index (χ0n) is 24.2. The normalized spacial score (nSPS) is 14.0. The summed E-state index contributed by atoms with van der Waals surface area (Å²) < 4.78 is 0. The Balaban J connectivity index is 1.83. The summed E-state index contributed by atoms with van der Waals surface area (Å²) in [5.74, 6) is -3.45. The van der Waals surface area contributed by atoms with Crippen LogP contribution in [0.1, 0.15) is 37.9 Å². The van der Waals surface area contributed by atoms with Crippen LogP contribution in [0.15, 0.2) is 48.0 Å².